The molecule has 0 bridgehead atoms. The number of hydrogen-bond acceptors (Lipinski definition) is 2. The zero-order valence-corrected chi connectivity index (χ0v) is 7.39. The molecule has 2 heteroatoms. The van der Waals surface area contributed by atoms with Crippen molar-refractivity contribution in [3.05, 3.63) is 0 Å². The van der Waals surface area contributed by atoms with Crippen molar-refractivity contribution in [2.45, 2.75) is 34.0 Å². The second kappa shape index (κ2) is 5.69. The first-order valence-electron chi connectivity index (χ1n) is 4.02. The van der Waals surface area contributed by atoms with Gasteiger partial charge in [-0.05, 0) is 6.92 Å². The van der Waals surface area contributed by atoms with Gasteiger partial charge in [-0.3, -0.25) is 0 Å². The van der Waals surface area contributed by atoms with E-state index in [1.165, 1.54) is 0 Å². The molecular formula is C8H18O2. The Bertz CT molecular complexity index is 55.7. The summed E-state index contributed by atoms with van der Waals surface area (Å²) in [5.74, 6) is 0.575. The lowest BCUT2D eigenvalue weighted by Crippen LogP contribution is -2.27. The van der Waals surface area contributed by atoms with Crippen LogP contribution in [0.25, 0.3) is 0 Å². The Morgan fingerprint density at radius 3 is 1.70 bits per heavy atom. The van der Waals surface area contributed by atoms with Gasteiger partial charge in [-0.2, -0.15) is 0 Å². The number of ether oxygens (including phenoxy) is 2. The van der Waals surface area contributed by atoms with Gasteiger partial charge in [0.15, 0.2) is 6.29 Å². The molecule has 1 rings (SSSR count). The third-order valence-electron chi connectivity index (χ3n) is 1.23. The van der Waals surface area contributed by atoms with Gasteiger partial charge in [0.2, 0.25) is 0 Å². The quantitative estimate of drug-likeness (QED) is 0.520. The zero-order chi connectivity index (χ0) is 7.98. The smallest absolute Gasteiger partial charge is 0.154 e. The van der Waals surface area contributed by atoms with Gasteiger partial charge in [0, 0.05) is 5.92 Å². The summed E-state index contributed by atoms with van der Waals surface area (Å²) in [4.78, 5) is 0. The molecule has 1 aliphatic rings. The van der Waals surface area contributed by atoms with Crippen molar-refractivity contribution < 1.29 is 9.47 Å². The van der Waals surface area contributed by atoms with Gasteiger partial charge in [0.05, 0.1) is 13.2 Å². The van der Waals surface area contributed by atoms with Gasteiger partial charge < -0.3 is 9.47 Å². The van der Waals surface area contributed by atoms with E-state index in [0.717, 1.165) is 13.2 Å². The topological polar surface area (TPSA) is 18.5 Å². The first-order valence-corrected chi connectivity index (χ1v) is 4.02. The van der Waals surface area contributed by atoms with Crippen molar-refractivity contribution in [1.82, 2.24) is 0 Å². The number of rotatable bonds is 0. The van der Waals surface area contributed by atoms with E-state index in [0.29, 0.717) is 5.92 Å². The SMILES string of the molecule is CC.CC1COC(C)OC1. The molecule has 2 nitrogen and oxygen atoms in total. The summed E-state index contributed by atoms with van der Waals surface area (Å²) < 4.78 is 10.3. The summed E-state index contributed by atoms with van der Waals surface area (Å²) in [5, 5.41) is 0. The molecule has 0 saturated carbocycles. The van der Waals surface area contributed by atoms with Crippen molar-refractivity contribution in [3.8, 4) is 0 Å². The molecule has 1 aliphatic heterocycles. The van der Waals surface area contributed by atoms with Crippen LogP contribution in [-0.4, -0.2) is 19.5 Å². The minimum atomic E-state index is 0.0196. The van der Waals surface area contributed by atoms with Crippen molar-refractivity contribution >= 4 is 0 Å². The third kappa shape index (κ3) is 3.85. The average Bonchev–Trinajstić information content (AvgIpc) is 2.00. The Balaban J connectivity index is 0.000000371. The number of hydrogen-bond donors (Lipinski definition) is 0. The maximum Gasteiger partial charge on any atom is 0.154 e. The average molecular weight is 146 g/mol. The summed E-state index contributed by atoms with van der Waals surface area (Å²) in [6.45, 7) is 9.74. The lowest BCUT2D eigenvalue weighted by atomic mass is 10.2. The molecule has 10 heavy (non-hydrogen) atoms. The van der Waals surface area contributed by atoms with Crippen LogP contribution in [0, 0.1) is 5.92 Å². The summed E-state index contributed by atoms with van der Waals surface area (Å²) in [5.41, 5.74) is 0. The minimum absolute atomic E-state index is 0.0196. The van der Waals surface area contributed by atoms with Crippen molar-refractivity contribution in [1.29, 1.82) is 0 Å². The lowest BCUT2D eigenvalue weighted by molar-refractivity contribution is -0.187. The summed E-state index contributed by atoms with van der Waals surface area (Å²) >= 11 is 0. The zero-order valence-electron chi connectivity index (χ0n) is 7.39. The van der Waals surface area contributed by atoms with E-state index in [2.05, 4.69) is 6.92 Å². The standard InChI is InChI=1S/C6H12O2.C2H6/c1-5-3-7-6(2)8-4-5;1-2/h5-6H,3-4H2,1-2H3;1-2H3. The van der Waals surface area contributed by atoms with E-state index in [4.69, 9.17) is 9.47 Å². The molecule has 1 heterocycles. The highest BCUT2D eigenvalue weighted by Gasteiger charge is 2.13. The summed E-state index contributed by atoms with van der Waals surface area (Å²) in [6.07, 6.45) is 0.0196. The highest BCUT2D eigenvalue weighted by atomic mass is 16.7. The maximum atomic E-state index is 5.17. The van der Waals surface area contributed by atoms with Crippen LogP contribution < -0.4 is 0 Å². The van der Waals surface area contributed by atoms with E-state index >= 15 is 0 Å². The summed E-state index contributed by atoms with van der Waals surface area (Å²) in [7, 11) is 0. The highest BCUT2D eigenvalue weighted by molar-refractivity contribution is 4.53. The van der Waals surface area contributed by atoms with E-state index < -0.39 is 0 Å². The fourth-order valence-corrected chi connectivity index (χ4v) is 0.696. The molecule has 62 valence electrons. The minimum Gasteiger partial charge on any atom is -0.353 e. The van der Waals surface area contributed by atoms with Crippen LogP contribution in [0.3, 0.4) is 0 Å². The lowest BCUT2D eigenvalue weighted by Gasteiger charge is -2.24. The Kier molecular flexibility index (Phi) is 5.64. The molecule has 0 amide bonds. The predicted molar refractivity (Wildman–Crippen MR) is 41.9 cm³/mol. The fraction of sp³-hybridized carbons (Fsp3) is 1.00. The Morgan fingerprint density at radius 1 is 1.00 bits per heavy atom. The van der Waals surface area contributed by atoms with E-state index in [1.54, 1.807) is 0 Å². The van der Waals surface area contributed by atoms with Gasteiger partial charge in [-0.15, -0.1) is 0 Å². The molecular weight excluding hydrogens is 128 g/mol. The monoisotopic (exact) mass is 146 g/mol. The van der Waals surface area contributed by atoms with Gasteiger partial charge in [0.25, 0.3) is 0 Å². The largest absolute Gasteiger partial charge is 0.353 e. The van der Waals surface area contributed by atoms with E-state index in [9.17, 15) is 0 Å². The molecule has 0 radical (unpaired) electrons. The first-order chi connectivity index (χ1) is 4.79. The Morgan fingerprint density at radius 2 is 1.40 bits per heavy atom. The molecule has 1 saturated heterocycles. The van der Waals surface area contributed by atoms with Crippen LogP contribution in [0.4, 0.5) is 0 Å². The van der Waals surface area contributed by atoms with Crippen LogP contribution in [0.15, 0.2) is 0 Å². The van der Waals surface area contributed by atoms with Crippen LogP contribution >= 0.6 is 0 Å². The molecule has 0 aromatic heterocycles. The second-order valence-electron chi connectivity index (χ2n) is 2.34. The Labute approximate surface area is 63.5 Å². The second-order valence-corrected chi connectivity index (χ2v) is 2.34. The highest BCUT2D eigenvalue weighted by Crippen LogP contribution is 2.08. The van der Waals surface area contributed by atoms with Crippen LogP contribution in [0.2, 0.25) is 0 Å². The van der Waals surface area contributed by atoms with Crippen LogP contribution in [0.1, 0.15) is 27.7 Å². The molecule has 0 N–H and O–H groups in total. The molecule has 0 aliphatic carbocycles. The molecule has 0 aromatic rings. The van der Waals surface area contributed by atoms with Crippen molar-refractivity contribution in [2.75, 3.05) is 13.2 Å². The van der Waals surface area contributed by atoms with Gasteiger partial charge >= 0.3 is 0 Å². The van der Waals surface area contributed by atoms with Gasteiger partial charge in [-0.1, -0.05) is 20.8 Å². The van der Waals surface area contributed by atoms with Gasteiger partial charge in [-0.25, -0.2) is 0 Å². The van der Waals surface area contributed by atoms with E-state index in [1.807, 2.05) is 20.8 Å². The molecule has 1 fully saturated rings. The van der Waals surface area contributed by atoms with Crippen molar-refractivity contribution in [2.24, 2.45) is 5.92 Å². The van der Waals surface area contributed by atoms with Gasteiger partial charge in [0.1, 0.15) is 0 Å². The third-order valence-corrected chi connectivity index (χ3v) is 1.23. The van der Waals surface area contributed by atoms with Crippen LogP contribution in [0.5, 0.6) is 0 Å². The molecule has 0 aromatic carbocycles. The Hall–Kier alpha value is -0.0800. The molecule has 0 unspecified atom stereocenters. The predicted octanol–water partition coefficient (Wildman–Crippen LogP) is 2.04. The normalized spacial score (nSPS) is 32.4. The molecule has 0 atom stereocenters. The molecule has 0 spiro atoms. The summed E-state index contributed by atoms with van der Waals surface area (Å²) in [6, 6.07) is 0. The first kappa shape index (κ1) is 9.92. The van der Waals surface area contributed by atoms with Crippen molar-refractivity contribution in [3.63, 3.8) is 0 Å². The maximum absolute atomic E-state index is 5.17. The van der Waals surface area contributed by atoms with Crippen LogP contribution in [-0.2, 0) is 9.47 Å². The van der Waals surface area contributed by atoms with E-state index in [-0.39, 0.29) is 6.29 Å². The fourth-order valence-electron chi connectivity index (χ4n) is 0.696.